The summed E-state index contributed by atoms with van der Waals surface area (Å²) in [4.78, 5) is 22.5. The van der Waals surface area contributed by atoms with Gasteiger partial charge in [0.15, 0.2) is 0 Å². The standard InChI is InChI=1S/C15H21FN2O5S/c1-15(2,14(20)21)8-10-17-13(19)7-9-18-24(22,23)12-5-3-11(16)4-6-12/h3-6,18H,7-10H2,1-2H3,(H,17,19)(H,20,21). The molecule has 0 radical (unpaired) electrons. The van der Waals surface area contributed by atoms with Crippen LogP contribution < -0.4 is 10.0 Å². The number of halogens is 1. The summed E-state index contributed by atoms with van der Waals surface area (Å²) in [5.41, 5.74) is -0.947. The zero-order valence-electron chi connectivity index (χ0n) is 13.5. The lowest BCUT2D eigenvalue weighted by Crippen LogP contribution is -2.34. The molecule has 134 valence electrons. The Balaban J connectivity index is 2.37. The van der Waals surface area contributed by atoms with Crippen LogP contribution in [0.1, 0.15) is 26.7 Å². The molecule has 0 unspecified atom stereocenters. The number of hydrogen-bond donors (Lipinski definition) is 3. The molecule has 0 fully saturated rings. The SMILES string of the molecule is CC(C)(CCNC(=O)CCNS(=O)(=O)c1ccc(F)cc1)C(=O)O. The van der Waals surface area contributed by atoms with Crippen molar-refractivity contribution in [3.8, 4) is 0 Å². The zero-order valence-corrected chi connectivity index (χ0v) is 14.3. The topological polar surface area (TPSA) is 113 Å². The normalized spacial score (nSPS) is 12.0. The number of hydrogen-bond acceptors (Lipinski definition) is 4. The van der Waals surface area contributed by atoms with Gasteiger partial charge in [-0.15, -0.1) is 0 Å². The van der Waals surface area contributed by atoms with Gasteiger partial charge < -0.3 is 10.4 Å². The predicted octanol–water partition coefficient (Wildman–Crippen LogP) is 1.11. The number of carbonyl (C=O) groups is 2. The second kappa shape index (κ2) is 8.20. The highest BCUT2D eigenvalue weighted by atomic mass is 32.2. The smallest absolute Gasteiger partial charge is 0.309 e. The fourth-order valence-electron chi connectivity index (χ4n) is 1.71. The molecule has 0 aliphatic rings. The van der Waals surface area contributed by atoms with Crippen LogP contribution in [-0.2, 0) is 19.6 Å². The third-order valence-corrected chi connectivity index (χ3v) is 4.90. The largest absolute Gasteiger partial charge is 0.481 e. The van der Waals surface area contributed by atoms with Crippen molar-refractivity contribution in [2.45, 2.75) is 31.6 Å². The van der Waals surface area contributed by atoms with E-state index in [1.165, 1.54) is 0 Å². The van der Waals surface area contributed by atoms with Crippen LogP contribution in [0.5, 0.6) is 0 Å². The maximum absolute atomic E-state index is 12.8. The van der Waals surface area contributed by atoms with Crippen LogP contribution in [0.4, 0.5) is 4.39 Å². The van der Waals surface area contributed by atoms with Crippen molar-refractivity contribution in [2.24, 2.45) is 5.41 Å². The van der Waals surface area contributed by atoms with E-state index in [1.807, 2.05) is 0 Å². The monoisotopic (exact) mass is 360 g/mol. The van der Waals surface area contributed by atoms with Gasteiger partial charge in [-0.25, -0.2) is 17.5 Å². The minimum Gasteiger partial charge on any atom is -0.481 e. The van der Waals surface area contributed by atoms with Gasteiger partial charge in [-0.2, -0.15) is 0 Å². The molecular formula is C15H21FN2O5S. The number of nitrogens with one attached hydrogen (secondary N) is 2. The Bertz CT molecular complexity index is 686. The zero-order chi connectivity index (χ0) is 18.4. The van der Waals surface area contributed by atoms with E-state index in [-0.39, 0.29) is 30.8 Å². The highest BCUT2D eigenvalue weighted by Crippen LogP contribution is 2.19. The Morgan fingerprint density at radius 1 is 1.17 bits per heavy atom. The van der Waals surface area contributed by atoms with Gasteiger partial charge in [0.1, 0.15) is 5.82 Å². The lowest BCUT2D eigenvalue weighted by atomic mass is 9.90. The molecule has 1 amide bonds. The number of rotatable bonds is 9. The lowest BCUT2D eigenvalue weighted by Gasteiger charge is -2.18. The van der Waals surface area contributed by atoms with E-state index in [1.54, 1.807) is 13.8 Å². The summed E-state index contributed by atoms with van der Waals surface area (Å²) in [5, 5.41) is 11.5. The average molecular weight is 360 g/mol. The van der Waals surface area contributed by atoms with Gasteiger partial charge >= 0.3 is 5.97 Å². The molecule has 0 spiro atoms. The summed E-state index contributed by atoms with van der Waals surface area (Å²) < 4.78 is 38.9. The summed E-state index contributed by atoms with van der Waals surface area (Å²) in [6, 6.07) is 4.33. The minimum absolute atomic E-state index is 0.0894. The molecule has 9 heteroatoms. The Kier molecular flexibility index (Phi) is 6.85. The summed E-state index contributed by atoms with van der Waals surface area (Å²) in [7, 11) is -3.80. The fourth-order valence-corrected chi connectivity index (χ4v) is 2.74. The molecule has 1 aromatic carbocycles. The van der Waals surface area contributed by atoms with Crippen molar-refractivity contribution >= 4 is 21.9 Å². The first kappa shape index (κ1) is 20.0. The molecule has 1 rings (SSSR count). The van der Waals surface area contributed by atoms with Crippen LogP contribution in [-0.4, -0.2) is 38.5 Å². The first-order valence-corrected chi connectivity index (χ1v) is 8.78. The van der Waals surface area contributed by atoms with E-state index in [0.717, 1.165) is 24.3 Å². The quantitative estimate of drug-likeness (QED) is 0.611. The summed E-state index contributed by atoms with van der Waals surface area (Å²) in [6.07, 6.45) is 0.170. The number of aliphatic carboxylic acids is 1. The van der Waals surface area contributed by atoms with Gasteiger partial charge in [0, 0.05) is 19.5 Å². The van der Waals surface area contributed by atoms with E-state index in [0.29, 0.717) is 0 Å². The molecule has 24 heavy (non-hydrogen) atoms. The summed E-state index contributed by atoms with van der Waals surface area (Å²) in [6.45, 7) is 3.17. The molecule has 0 atom stereocenters. The molecule has 1 aromatic rings. The van der Waals surface area contributed by atoms with Crippen molar-refractivity contribution in [3.05, 3.63) is 30.1 Å². The summed E-state index contributed by atoms with van der Waals surface area (Å²) in [5.74, 6) is -1.89. The van der Waals surface area contributed by atoms with E-state index in [4.69, 9.17) is 5.11 Å². The van der Waals surface area contributed by atoms with Gasteiger partial charge in [-0.1, -0.05) is 0 Å². The number of sulfonamides is 1. The fraction of sp³-hybridized carbons (Fsp3) is 0.467. The van der Waals surface area contributed by atoms with Crippen molar-refractivity contribution in [1.29, 1.82) is 0 Å². The van der Waals surface area contributed by atoms with Crippen molar-refractivity contribution in [2.75, 3.05) is 13.1 Å². The minimum atomic E-state index is -3.80. The van der Waals surface area contributed by atoms with Crippen molar-refractivity contribution < 1.29 is 27.5 Å². The first-order chi connectivity index (χ1) is 11.0. The van der Waals surface area contributed by atoms with Gasteiger partial charge in [-0.3, -0.25) is 9.59 Å². The van der Waals surface area contributed by atoms with Gasteiger partial charge in [-0.05, 0) is 44.5 Å². The molecule has 3 N–H and O–H groups in total. The van der Waals surface area contributed by atoms with Gasteiger partial charge in [0.2, 0.25) is 15.9 Å². The molecule has 0 saturated heterocycles. The van der Waals surface area contributed by atoms with Gasteiger partial charge in [0.25, 0.3) is 0 Å². The molecule has 0 bridgehead atoms. The maximum atomic E-state index is 12.8. The van der Waals surface area contributed by atoms with Crippen LogP contribution in [0, 0.1) is 11.2 Å². The van der Waals surface area contributed by atoms with Crippen molar-refractivity contribution in [3.63, 3.8) is 0 Å². The highest BCUT2D eigenvalue weighted by molar-refractivity contribution is 7.89. The number of amides is 1. The Labute approximate surface area is 140 Å². The van der Waals surface area contributed by atoms with E-state index >= 15 is 0 Å². The van der Waals surface area contributed by atoms with E-state index < -0.39 is 33.1 Å². The second-order valence-electron chi connectivity index (χ2n) is 5.89. The Morgan fingerprint density at radius 2 is 1.75 bits per heavy atom. The molecule has 0 aromatic heterocycles. The number of carboxylic acids is 1. The maximum Gasteiger partial charge on any atom is 0.309 e. The molecule has 0 saturated carbocycles. The van der Waals surface area contributed by atoms with Gasteiger partial charge in [0.05, 0.1) is 10.3 Å². The van der Waals surface area contributed by atoms with Crippen LogP contribution in [0.3, 0.4) is 0 Å². The number of carbonyl (C=O) groups excluding carboxylic acids is 1. The third-order valence-electron chi connectivity index (χ3n) is 3.42. The molecule has 0 aliphatic heterocycles. The second-order valence-corrected chi connectivity index (χ2v) is 7.66. The molecule has 0 heterocycles. The summed E-state index contributed by atoms with van der Waals surface area (Å²) >= 11 is 0. The highest BCUT2D eigenvalue weighted by Gasteiger charge is 2.26. The Morgan fingerprint density at radius 3 is 2.29 bits per heavy atom. The first-order valence-electron chi connectivity index (χ1n) is 7.30. The number of carboxylic acid groups (broad SMARTS) is 1. The third kappa shape index (κ3) is 6.25. The van der Waals surface area contributed by atoms with E-state index in [9.17, 15) is 22.4 Å². The molecule has 0 aliphatic carbocycles. The molecule has 7 nitrogen and oxygen atoms in total. The predicted molar refractivity (Wildman–Crippen MR) is 85.2 cm³/mol. The molecular weight excluding hydrogens is 339 g/mol. The lowest BCUT2D eigenvalue weighted by molar-refractivity contribution is -0.147. The van der Waals surface area contributed by atoms with Crippen LogP contribution in [0.2, 0.25) is 0 Å². The number of benzene rings is 1. The average Bonchev–Trinajstić information content (AvgIpc) is 2.47. The van der Waals surface area contributed by atoms with Crippen molar-refractivity contribution in [1.82, 2.24) is 10.0 Å². The van der Waals surface area contributed by atoms with Crippen LogP contribution in [0.15, 0.2) is 29.2 Å². The van der Waals surface area contributed by atoms with Crippen LogP contribution in [0.25, 0.3) is 0 Å². The van der Waals surface area contributed by atoms with E-state index in [2.05, 4.69) is 10.0 Å². The Hall–Kier alpha value is -2.00. The van der Waals surface area contributed by atoms with Crippen LogP contribution >= 0.6 is 0 Å².